The van der Waals surface area contributed by atoms with Crippen LogP contribution in [0.25, 0.3) is 0 Å². The first kappa shape index (κ1) is 14.0. The summed E-state index contributed by atoms with van der Waals surface area (Å²) in [5.74, 6) is 0. The summed E-state index contributed by atoms with van der Waals surface area (Å²) in [6, 6.07) is 13.5. The standard InChI is InChI=1S/C14H12ClN3O2/c1-10(11-4-2-7-14(8-11)18(19)20)16-17-13-6-3-5-12(15)9-13/h2-9,17H,1H3/b16-10-. The molecule has 0 aliphatic carbocycles. The Morgan fingerprint density at radius 1 is 1.25 bits per heavy atom. The Kier molecular flexibility index (Phi) is 4.32. The van der Waals surface area contributed by atoms with Crippen molar-refractivity contribution in [3.63, 3.8) is 0 Å². The molecule has 0 aliphatic rings. The van der Waals surface area contributed by atoms with Crippen molar-refractivity contribution >= 4 is 28.7 Å². The lowest BCUT2D eigenvalue weighted by atomic mass is 10.1. The van der Waals surface area contributed by atoms with E-state index in [1.807, 2.05) is 12.1 Å². The van der Waals surface area contributed by atoms with Crippen LogP contribution >= 0.6 is 11.6 Å². The average molecular weight is 290 g/mol. The Bertz CT molecular complexity index is 671. The van der Waals surface area contributed by atoms with Gasteiger partial charge in [-0.2, -0.15) is 5.10 Å². The predicted octanol–water partition coefficient (Wildman–Crippen LogP) is 4.08. The summed E-state index contributed by atoms with van der Waals surface area (Å²) in [4.78, 5) is 10.3. The Morgan fingerprint density at radius 3 is 2.70 bits per heavy atom. The molecule has 0 atom stereocenters. The molecule has 1 N–H and O–H groups in total. The van der Waals surface area contributed by atoms with Crippen molar-refractivity contribution in [2.45, 2.75) is 6.92 Å². The topological polar surface area (TPSA) is 67.5 Å². The van der Waals surface area contributed by atoms with Crippen molar-refractivity contribution in [1.82, 2.24) is 0 Å². The zero-order valence-corrected chi connectivity index (χ0v) is 11.5. The SMILES string of the molecule is C/C(=N/Nc1cccc(Cl)c1)c1cccc([N+](=O)[O-])c1. The van der Waals surface area contributed by atoms with Crippen LogP contribution in [0.5, 0.6) is 0 Å². The van der Waals surface area contributed by atoms with E-state index in [0.29, 0.717) is 16.3 Å². The third kappa shape index (κ3) is 3.55. The van der Waals surface area contributed by atoms with E-state index in [1.165, 1.54) is 12.1 Å². The van der Waals surface area contributed by atoms with E-state index in [1.54, 1.807) is 31.2 Å². The smallest absolute Gasteiger partial charge is 0.270 e. The van der Waals surface area contributed by atoms with Gasteiger partial charge in [-0.05, 0) is 25.1 Å². The molecular weight excluding hydrogens is 278 g/mol. The third-order valence-corrected chi connectivity index (χ3v) is 2.89. The molecule has 20 heavy (non-hydrogen) atoms. The molecule has 2 aromatic rings. The Balaban J connectivity index is 2.18. The van der Waals surface area contributed by atoms with Gasteiger partial charge in [0.05, 0.1) is 16.3 Å². The van der Waals surface area contributed by atoms with Crippen LogP contribution in [0.15, 0.2) is 53.6 Å². The van der Waals surface area contributed by atoms with E-state index < -0.39 is 4.92 Å². The molecule has 0 bridgehead atoms. The van der Waals surface area contributed by atoms with Crippen molar-refractivity contribution < 1.29 is 4.92 Å². The Labute approximate surface area is 121 Å². The fraction of sp³-hybridized carbons (Fsp3) is 0.0714. The van der Waals surface area contributed by atoms with Crippen LogP contribution in [0.3, 0.4) is 0 Å². The quantitative estimate of drug-likeness (QED) is 0.524. The van der Waals surface area contributed by atoms with Crippen molar-refractivity contribution in [2.75, 3.05) is 5.43 Å². The molecule has 0 heterocycles. The van der Waals surface area contributed by atoms with Crippen LogP contribution in [0.2, 0.25) is 5.02 Å². The first-order valence-electron chi connectivity index (χ1n) is 5.87. The molecule has 0 amide bonds. The third-order valence-electron chi connectivity index (χ3n) is 2.65. The van der Waals surface area contributed by atoms with Crippen molar-refractivity contribution in [3.8, 4) is 0 Å². The number of nitrogens with one attached hydrogen (secondary N) is 1. The lowest BCUT2D eigenvalue weighted by Crippen LogP contribution is -2.00. The van der Waals surface area contributed by atoms with Gasteiger partial charge >= 0.3 is 0 Å². The molecular formula is C14H12ClN3O2. The van der Waals surface area contributed by atoms with E-state index in [2.05, 4.69) is 10.5 Å². The highest BCUT2D eigenvalue weighted by molar-refractivity contribution is 6.30. The van der Waals surface area contributed by atoms with Gasteiger partial charge < -0.3 is 0 Å². The van der Waals surface area contributed by atoms with Gasteiger partial charge in [-0.3, -0.25) is 15.5 Å². The lowest BCUT2D eigenvalue weighted by molar-refractivity contribution is -0.384. The summed E-state index contributed by atoms with van der Waals surface area (Å²) < 4.78 is 0. The second-order valence-electron chi connectivity index (χ2n) is 4.13. The van der Waals surface area contributed by atoms with Crippen LogP contribution in [0.4, 0.5) is 11.4 Å². The molecule has 0 aliphatic heterocycles. The normalized spacial score (nSPS) is 11.2. The largest absolute Gasteiger partial charge is 0.278 e. The summed E-state index contributed by atoms with van der Waals surface area (Å²) in [5.41, 5.74) is 5.00. The number of nitro benzene ring substituents is 1. The van der Waals surface area contributed by atoms with E-state index in [-0.39, 0.29) is 5.69 Å². The number of non-ortho nitro benzene ring substituents is 1. The highest BCUT2D eigenvalue weighted by atomic mass is 35.5. The maximum Gasteiger partial charge on any atom is 0.270 e. The molecule has 2 rings (SSSR count). The number of nitrogens with zero attached hydrogens (tertiary/aromatic N) is 2. The molecule has 0 unspecified atom stereocenters. The number of hydrogen-bond acceptors (Lipinski definition) is 4. The highest BCUT2D eigenvalue weighted by Gasteiger charge is 2.07. The fourth-order valence-electron chi connectivity index (χ4n) is 1.62. The van der Waals surface area contributed by atoms with Crippen LogP contribution in [0.1, 0.15) is 12.5 Å². The monoisotopic (exact) mass is 289 g/mol. The van der Waals surface area contributed by atoms with Crippen LogP contribution in [0, 0.1) is 10.1 Å². The second-order valence-corrected chi connectivity index (χ2v) is 4.56. The molecule has 102 valence electrons. The minimum atomic E-state index is -0.429. The van der Waals surface area contributed by atoms with E-state index >= 15 is 0 Å². The summed E-state index contributed by atoms with van der Waals surface area (Å²) >= 11 is 5.87. The zero-order chi connectivity index (χ0) is 14.5. The number of anilines is 1. The van der Waals surface area contributed by atoms with Gasteiger partial charge in [0, 0.05) is 22.7 Å². The Hall–Kier alpha value is -2.40. The molecule has 0 fully saturated rings. The molecule has 5 nitrogen and oxygen atoms in total. The predicted molar refractivity (Wildman–Crippen MR) is 80.4 cm³/mol. The minimum Gasteiger partial charge on any atom is -0.278 e. The summed E-state index contributed by atoms with van der Waals surface area (Å²) in [7, 11) is 0. The van der Waals surface area contributed by atoms with Crippen LogP contribution in [-0.4, -0.2) is 10.6 Å². The van der Waals surface area contributed by atoms with E-state index in [0.717, 1.165) is 5.69 Å². The second kappa shape index (κ2) is 6.16. The number of nitro groups is 1. The maximum atomic E-state index is 10.7. The van der Waals surface area contributed by atoms with Gasteiger partial charge in [-0.15, -0.1) is 0 Å². The molecule has 0 radical (unpaired) electrons. The maximum absolute atomic E-state index is 10.7. The summed E-state index contributed by atoms with van der Waals surface area (Å²) in [6.45, 7) is 1.77. The van der Waals surface area contributed by atoms with Gasteiger partial charge in [0.2, 0.25) is 0 Å². The van der Waals surface area contributed by atoms with Gasteiger partial charge in [0.15, 0.2) is 0 Å². The number of halogens is 1. The molecule has 2 aromatic carbocycles. The molecule has 0 saturated heterocycles. The molecule has 6 heteroatoms. The van der Waals surface area contributed by atoms with Crippen molar-refractivity contribution in [2.24, 2.45) is 5.10 Å². The van der Waals surface area contributed by atoms with Crippen LogP contribution in [-0.2, 0) is 0 Å². The fourth-order valence-corrected chi connectivity index (χ4v) is 1.81. The van der Waals surface area contributed by atoms with E-state index in [9.17, 15) is 10.1 Å². The number of rotatable bonds is 4. The summed E-state index contributed by atoms with van der Waals surface area (Å²) in [5, 5.41) is 15.5. The first-order valence-corrected chi connectivity index (χ1v) is 6.25. The van der Waals surface area contributed by atoms with Gasteiger partial charge in [0.25, 0.3) is 5.69 Å². The van der Waals surface area contributed by atoms with Gasteiger partial charge in [-0.25, -0.2) is 0 Å². The lowest BCUT2D eigenvalue weighted by Gasteiger charge is -2.04. The molecule has 0 saturated carbocycles. The zero-order valence-electron chi connectivity index (χ0n) is 10.7. The average Bonchev–Trinajstić information content (AvgIpc) is 2.45. The number of hydrogen-bond donors (Lipinski definition) is 1. The Morgan fingerprint density at radius 2 is 2.00 bits per heavy atom. The summed E-state index contributed by atoms with van der Waals surface area (Å²) in [6.07, 6.45) is 0. The van der Waals surface area contributed by atoms with Crippen molar-refractivity contribution in [1.29, 1.82) is 0 Å². The number of benzene rings is 2. The van der Waals surface area contributed by atoms with Gasteiger partial charge in [-0.1, -0.05) is 29.8 Å². The van der Waals surface area contributed by atoms with Crippen LogP contribution < -0.4 is 5.43 Å². The number of hydrazone groups is 1. The van der Waals surface area contributed by atoms with Gasteiger partial charge in [0.1, 0.15) is 0 Å². The van der Waals surface area contributed by atoms with Crippen molar-refractivity contribution in [3.05, 3.63) is 69.2 Å². The highest BCUT2D eigenvalue weighted by Crippen LogP contribution is 2.16. The molecule has 0 spiro atoms. The van der Waals surface area contributed by atoms with E-state index in [4.69, 9.17) is 11.6 Å². The molecule has 0 aromatic heterocycles. The minimum absolute atomic E-state index is 0.0415. The first-order chi connectivity index (χ1) is 9.56.